The number of halogens is 1. The molecular weight excluding hydrogens is 214 g/mol. The van der Waals surface area contributed by atoms with Crippen molar-refractivity contribution in [1.82, 2.24) is 0 Å². The Balaban J connectivity index is 2.28. The number of piperidine rings is 1. The first-order chi connectivity index (χ1) is 7.16. The van der Waals surface area contributed by atoms with Gasteiger partial charge >= 0.3 is 0 Å². The first-order valence-corrected chi connectivity index (χ1v) is 5.12. The van der Waals surface area contributed by atoms with Gasteiger partial charge in [0.05, 0.1) is 6.54 Å². The highest BCUT2D eigenvalue weighted by molar-refractivity contribution is 6.31. The molecule has 4 heteroatoms. The third-order valence-corrected chi connectivity index (χ3v) is 2.61. The van der Waals surface area contributed by atoms with Crippen molar-refractivity contribution in [2.45, 2.75) is 12.8 Å². The van der Waals surface area contributed by atoms with Crippen molar-refractivity contribution in [3.8, 4) is 0 Å². The van der Waals surface area contributed by atoms with E-state index in [2.05, 4.69) is 0 Å². The van der Waals surface area contributed by atoms with Crippen molar-refractivity contribution < 1.29 is 9.59 Å². The second-order valence-corrected chi connectivity index (χ2v) is 3.93. The van der Waals surface area contributed by atoms with Crippen molar-refractivity contribution in [3.05, 3.63) is 29.3 Å². The number of rotatable bonds is 1. The molecule has 1 heterocycles. The van der Waals surface area contributed by atoms with Gasteiger partial charge in [0.1, 0.15) is 0 Å². The van der Waals surface area contributed by atoms with E-state index in [0.717, 1.165) is 0 Å². The van der Waals surface area contributed by atoms with Crippen LogP contribution in [0.2, 0.25) is 5.02 Å². The van der Waals surface area contributed by atoms with Crippen LogP contribution in [0, 0.1) is 0 Å². The Morgan fingerprint density at radius 3 is 2.73 bits per heavy atom. The summed E-state index contributed by atoms with van der Waals surface area (Å²) < 4.78 is 0. The number of benzene rings is 1. The molecule has 1 aromatic carbocycles. The molecular formula is C11H10ClNO2. The van der Waals surface area contributed by atoms with Crippen LogP contribution in [-0.2, 0) is 9.59 Å². The Kier molecular flexibility index (Phi) is 2.73. The van der Waals surface area contributed by atoms with E-state index in [0.29, 0.717) is 23.6 Å². The molecule has 0 atom stereocenters. The van der Waals surface area contributed by atoms with E-state index in [1.54, 1.807) is 24.3 Å². The van der Waals surface area contributed by atoms with Gasteiger partial charge in [0.25, 0.3) is 0 Å². The minimum atomic E-state index is -0.0168. The average molecular weight is 224 g/mol. The van der Waals surface area contributed by atoms with E-state index in [9.17, 15) is 9.59 Å². The van der Waals surface area contributed by atoms with Gasteiger partial charge in [-0.15, -0.1) is 0 Å². The Labute approximate surface area is 92.6 Å². The van der Waals surface area contributed by atoms with Gasteiger partial charge in [-0.3, -0.25) is 9.59 Å². The van der Waals surface area contributed by atoms with Gasteiger partial charge < -0.3 is 4.90 Å². The quantitative estimate of drug-likeness (QED) is 0.731. The molecule has 0 spiro atoms. The number of Topliss-reactive ketones (excluding diaryl/α,β-unsaturated/α-hetero) is 1. The summed E-state index contributed by atoms with van der Waals surface area (Å²) in [6, 6.07) is 6.98. The minimum Gasteiger partial charge on any atom is -0.305 e. The summed E-state index contributed by atoms with van der Waals surface area (Å²) in [6.45, 7) is 0.166. The number of anilines is 1. The smallest absolute Gasteiger partial charge is 0.227 e. The van der Waals surface area contributed by atoms with Crippen LogP contribution in [-0.4, -0.2) is 18.2 Å². The third-order valence-electron chi connectivity index (χ3n) is 2.37. The van der Waals surface area contributed by atoms with E-state index in [1.165, 1.54) is 4.90 Å². The molecule has 1 aliphatic rings. The highest BCUT2D eigenvalue weighted by Crippen LogP contribution is 2.22. The minimum absolute atomic E-state index is 0.0168. The van der Waals surface area contributed by atoms with Gasteiger partial charge in [-0.05, 0) is 18.2 Å². The van der Waals surface area contributed by atoms with E-state index in [1.807, 2.05) is 0 Å². The van der Waals surface area contributed by atoms with Crippen LogP contribution in [0.1, 0.15) is 12.8 Å². The van der Waals surface area contributed by atoms with Gasteiger partial charge in [-0.2, -0.15) is 0 Å². The number of carbonyl (C=O) groups is 2. The van der Waals surface area contributed by atoms with Gasteiger partial charge in [0.2, 0.25) is 5.91 Å². The summed E-state index contributed by atoms with van der Waals surface area (Å²) in [7, 11) is 0. The molecule has 0 unspecified atom stereocenters. The lowest BCUT2D eigenvalue weighted by atomic mass is 10.1. The maximum Gasteiger partial charge on any atom is 0.227 e. The molecule has 78 valence electrons. The number of ketones is 1. The maximum absolute atomic E-state index is 11.6. The third kappa shape index (κ3) is 2.18. The zero-order valence-corrected chi connectivity index (χ0v) is 8.83. The Morgan fingerprint density at radius 2 is 2.00 bits per heavy atom. The van der Waals surface area contributed by atoms with Crippen LogP contribution in [0.4, 0.5) is 5.69 Å². The summed E-state index contributed by atoms with van der Waals surface area (Å²) in [4.78, 5) is 24.3. The van der Waals surface area contributed by atoms with Crippen LogP contribution < -0.4 is 4.90 Å². The van der Waals surface area contributed by atoms with Crippen LogP contribution in [0.3, 0.4) is 0 Å². The lowest BCUT2D eigenvalue weighted by Crippen LogP contribution is -2.40. The molecule has 3 nitrogen and oxygen atoms in total. The monoisotopic (exact) mass is 223 g/mol. The van der Waals surface area contributed by atoms with Crippen LogP contribution in [0.5, 0.6) is 0 Å². The summed E-state index contributed by atoms with van der Waals surface area (Å²) >= 11 is 5.83. The molecule has 1 amide bonds. The molecule has 15 heavy (non-hydrogen) atoms. The standard InChI is InChI=1S/C11H10ClNO2/c12-8-2-1-3-9(6-8)13-7-10(14)4-5-11(13)15/h1-3,6H,4-5,7H2. The van der Waals surface area contributed by atoms with E-state index < -0.39 is 0 Å². The van der Waals surface area contributed by atoms with Crippen LogP contribution in [0.25, 0.3) is 0 Å². The van der Waals surface area contributed by atoms with Gasteiger partial charge in [0.15, 0.2) is 5.78 Å². The summed E-state index contributed by atoms with van der Waals surface area (Å²) in [5.74, 6) is 0.0754. The molecule has 0 bridgehead atoms. The lowest BCUT2D eigenvalue weighted by molar-refractivity contribution is -0.127. The Morgan fingerprint density at radius 1 is 1.20 bits per heavy atom. The van der Waals surface area contributed by atoms with Crippen LogP contribution in [0.15, 0.2) is 24.3 Å². The number of nitrogens with zero attached hydrogens (tertiary/aromatic N) is 1. The number of hydrogen-bond donors (Lipinski definition) is 0. The van der Waals surface area contributed by atoms with Crippen molar-refractivity contribution >= 4 is 29.0 Å². The SMILES string of the molecule is O=C1CCC(=O)N(c2cccc(Cl)c2)C1. The fourth-order valence-corrected chi connectivity index (χ4v) is 1.79. The Hall–Kier alpha value is -1.35. The topological polar surface area (TPSA) is 37.4 Å². The molecule has 0 aliphatic carbocycles. The van der Waals surface area contributed by atoms with Crippen LogP contribution >= 0.6 is 11.6 Å². The largest absolute Gasteiger partial charge is 0.305 e. The molecule has 1 saturated heterocycles. The molecule has 1 fully saturated rings. The van der Waals surface area contributed by atoms with Crippen molar-refractivity contribution in [2.75, 3.05) is 11.4 Å². The second-order valence-electron chi connectivity index (χ2n) is 3.50. The Bertz CT molecular complexity index is 417. The summed E-state index contributed by atoms with van der Waals surface area (Å²) in [6.07, 6.45) is 0.654. The molecule has 0 saturated carbocycles. The van der Waals surface area contributed by atoms with Crippen molar-refractivity contribution in [3.63, 3.8) is 0 Å². The van der Waals surface area contributed by atoms with E-state index in [4.69, 9.17) is 11.6 Å². The molecule has 1 aromatic rings. The molecule has 0 N–H and O–H groups in total. The predicted octanol–water partition coefficient (Wildman–Crippen LogP) is 2.04. The van der Waals surface area contributed by atoms with Crippen molar-refractivity contribution in [1.29, 1.82) is 0 Å². The van der Waals surface area contributed by atoms with Gasteiger partial charge in [-0.1, -0.05) is 17.7 Å². The first kappa shape index (κ1) is 10.2. The molecule has 1 aliphatic heterocycles. The zero-order chi connectivity index (χ0) is 10.8. The highest BCUT2D eigenvalue weighted by atomic mass is 35.5. The fourth-order valence-electron chi connectivity index (χ4n) is 1.60. The zero-order valence-electron chi connectivity index (χ0n) is 8.07. The highest BCUT2D eigenvalue weighted by Gasteiger charge is 2.24. The first-order valence-electron chi connectivity index (χ1n) is 4.74. The van der Waals surface area contributed by atoms with E-state index in [-0.39, 0.29) is 18.2 Å². The van der Waals surface area contributed by atoms with Gasteiger partial charge in [-0.25, -0.2) is 0 Å². The predicted molar refractivity (Wildman–Crippen MR) is 58.0 cm³/mol. The fraction of sp³-hybridized carbons (Fsp3) is 0.273. The molecule has 2 rings (SSSR count). The second kappa shape index (κ2) is 4.03. The van der Waals surface area contributed by atoms with Gasteiger partial charge in [0, 0.05) is 23.6 Å². The average Bonchev–Trinajstić information content (AvgIpc) is 2.22. The normalized spacial score (nSPS) is 17.0. The molecule has 0 aromatic heterocycles. The number of carbonyl (C=O) groups excluding carboxylic acids is 2. The lowest BCUT2D eigenvalue weighted by Gasteiger charge is -2.25. The summed E-state index contributed by atoms with van der Waals surface area (Å²) in [5.41, 5.74) is 0.695. The van der Waals surface area contributed by atoms with E-state index >= 15 is 0 Å². The number of amides is 1. The maximum atomic E-state index is 11.6. The number of hydrogen-bond acceptors (Lipinski definition) is 2. The van der Waals surface area contributed by atoms with Crippen molar-refractivity contribution in [2.24, 2.45) is 0 Å². The molecule has 0 radical (unpaired) electrons. The summed E-state index contributed by atoms with van der Waals surface area (Å²) in [5, 5.41) is 0.568.